The van der Waals surface area contributed by atoms with E-state index in [2.05, 4.69) is 71.0 Å². The summed E-state index contributed by atoms with van der Waals surface area (Å²) in [5.74, 6) is 1.42. The van der Waals surface area contributed by atoms with Gasteiger partial charge in [0.1, 0.15) is 17.0 Å². The summed E-state index contributed by atoms with van der Waals surface area (Å²) in [7, 11) is -1.90. The molecular formula is C39H65N5O5Si. The van der Waals surface area contributed by atoms with Crippen LogP contribution in [0.15, 0.2) is 24.4 Å². The third-order valence-corrected chi connectivity index (χ3v) is 14.6. The number of pyridine rings is 1. The number of hydrogen-bond donors (Lipinski definition) is 1. The van der Waals surface area contributed by atoms with Crippen molar-refractivity contribution < 1.29 is 23.5 Å². The van der Waals surface area contributed by atoms with Crippen molar-refractivity contribution in [3.8, 4) is 0 Å². The zero-order chi connectivity index (χ0) is 37.4. The lowest BCUT2D eigenvalue weighted by atomic mass is 9.77. The first kappa shape index (κ1) is 39.9. The Hall–Kier alpha value is -2.92. The van der Waals surface area contributed by atoms with Crippen LogP contribution in [0.4, 0.5) is 21.1 Å². The highest BCUT2D eigenvalue weighted by atomic mass is 28.4. The van der Waals surface area contributed by atoms with E-state index in [4.69, 9.17) is 19.0 Å². The van der Waals surface area contributed by atoms with E-state index in [1.165, 1.54) is 0 Å². The number of nitrogens with one attached hydrogen (secondary N) is 1. The third kappa shape index (κ3) is 10.6. The monoisotopic (exact) mass is 711 g/mol. The van der Waals surface area contributed by atoms with Crippen LogP contribution in [0, 0.1) is 5.92 Å². The summed E-state index contributed by atoms with van der Waals surface area (Å²) in [5, 5.41) is 8.32. The number of carbonyl (C=O) groups excluding carboxylic acids is 2. The highest BCUT2D eigenvalue weighted by Crippen LogP contribution is 2.44. The fourth-order valence-corrected chi connectivity index (χ4v) is 7.85. The summed E-state index contributed by atoms with van der Waals surface area (Å²) in [6.07, 6.45) is 7.66. The second-order valence-electron chi connectivity index (χ2n) is 19.1. The minimum atomic E-state index is -1.90. The van der Waals surface area contributed by atoms with Crippen LogP contribution in [0.2, 0.25) is 18.1 Å². The van der Waals surface area contributed by atoms with E-state index in [0.29, 0.717) is 17.4 Å². The van der Waals surface area contributed by atoms with Gasteiger partial charge in [-0.3, -0.25) is 4.98 Å². The molecule has 2 aliphatic rings. The highest BCUT2D eigenvalue weighted by Gasteiger charge is 2.42. The van der Waals surface area contributed by atoms with E-state index >= 15 is 0 Å². The number of rotatable bonds is 9. The molecule has 2 heterocycles. The topological polar surface area (TPSA) is 108 Å². The summed E-state index contributed by atoms with van der Waals surface area (Å²) in [4.78, 5) is 32.6. The molecule has 11 heteroatoms. The molecule has 0 aromatic carbocycles. The van der Waals surface area contributed by atoms with E-state index in [1.54, 1.807) is 11.1 Å². The number of amides is 2. The minimum absolute atomic E-state index is 0.137. The normalized spacial score (nSPS) is 21.8. The molecule has 0 radical (unpaired) electrons. The Kier molecular flexibility index (Phi) is 11.6. The van der Waals surface area contributed by atoms with Crippen molar-refractivity contribution in [2.45, 2.75) is 181 Å². The van der Waals surface area contributed by atoms with Crippen LogP contribution in [0.3, 0.4) is 0 Å². The molecule has 2 aromatic heterocycles. The van der Waals surface area contributed by atoms with E-state index in [1.807, 2.05) is 58.4 Å². The maximum Gasteiger partial charge on any atom is 0.420 e. The van der Waals surface area contributed by atoms with Crippen molar-refractivity contribution >= 4 is 32.0 Å². The Balaban J connectivity index is 1.55. The first-order valence-electron chi connectivity index (χ1n) is 18.6. The second-order valence-corrected chi connectivity index (χ2v) is 23.8. The third-order valence-electron chi connectivity index (χ3n) is 10.0. The van der Waals surface area contributed by atoms with Crippen molar-refractivity contribution in [3.05, 3.63) is 35.8 Å². The van der Waals surface area contributed by atoms with Gasteiger partial charge in [0.05, 0.1) is 16.9 Å². The number of ether oxygens (including phenoxy) is 2. The van der Waals surface area contributed by atoms with Gasteiger partial charge in [0, 0.05) is 36.0 Å². The van der Waals surface area contributed by atoms with Gasteiger partial charge in [0.2, 0.25) is 0 Å². The molecule has 0 bridgehead atoms. The van der Waals surface area contributed by atoms with Crippen LogP contribution in [0.25, 0.3) is 0 Å². The standard InChI is InChI=1S/C39H65N5O5Si/c1-36(2,3)44-33(25-32(42-44)27-16-18-31(23-27)49-50(13,14)39(10,11)12)43(35(46)48-38(7,8)9)30-19-20-40-28(24-30)17-15-26-21-29(22-26)41-34(45)47-37(4,5)6/h19-20,24-27,29,31H,15-18,21-23H2,1-14H3,(H,41,45)/t26?,27-,29?,31+/m0/s1. The fraction of sp³-hybridized carbons (Fsp3) is 0.744. The largest absolute Gasteiger partial charge is 0.444 e. The van der Waals surface area contributed by atoms with Crippen molar-refractivity contribution in [3.63, 3.8) is 0 Å². The molecular weight excluding hydrogens is 647 g/mol. The molecule has 2 saturated carbocycles. The molecule has 2 fully saturated rings. The Bertz CT molecular complexity index is 1490. The number of aromatic nitrogens is 3. The second kappa shape index (κ2) is 14.6. The number of hydrogen-bond acceptors (Lipinski definition) is 7. The Morgan fingerprint density at radius 1 is 0.920 bits per heavy atom. The molecule has 2 aromatic rings. The van der Waals surface area contributed by atoms with E-state index in [-0.39, 0.29) is 29.2 Å². The number of aryl methyl sites for hydroxylation is 1. The molecule has 2 aliphatic carbocycles. The highest BCUT2D eigenvalue weighted by molar-refractivity contribution is 6.74. The molecule has 280 valence electrons. The number of carbonyl (C=O) groups is 2. The zero-order valence-corrected chi connectivity index (χ0v) is 34.4. The van der Waals surface area contributed by atoms with Crippen LogP contribution in [0.1, 0.15) is 139 Å². The Morgan fingerprint density at radius 2 is 1.56 bits per heavy atom. The summed E-state index contributed by atoms with van der Waals surface area (Å²) < 4.78 is 20.2. The van der Waals surface area contributed by atoms with E-state index < -0.39 is 31.2 Å². The van der Waals surface area contributed by atoms with Gasteiger partial charge < -0.3 is 19.2 Å². The lowest BCUT2D eigenvalue weighted by molar-refractivity contribution is 0.0448. The molecule has 0 aliphatic heterocycles. The summed E-state index contributed by atoms with van der Waals surface area (Å²) >= 11 is 0. The van der Waals surface area contributed by atoms with Crippen molar-refractivity contribution in [2.24, 2.45) is 5.92 Å². The zero-order valence-electron chi connectivity index (χ0n) is 33.4. The molecule has 50 heavy (non-hydrogen) atoms. The molecule has 1 N–H and O–H groups in total. The predicted molar refractivity (Wildman–Crippen MR) is 203 cm³/mol. The van der Waals surface area contributed by atoms with Gasteiger partial charge in [0.15, 0.2) is 8.32 Å². The fourth-order valence-electron chi connectivity index (χ4n) is 6.45. The summed E-state index contributed by atoms with van der Waals surface area (Å²) in [5.41, 5.74) is 0.996. The average molecular weight is 712 g/mol. The molecule has 0 saturated heterocycles. The van der Waals surface area contributed by atoms with Crippen molar-refractivity contribution in [2.75, 3.05) is 4.90 Å². The van der Waals surface area contributed by atoms with Gasteiger partial charge >= 0.3 is 12.2 Å². The van der Waals surface area contributed by atoms with Crippen LogP contribution in [-0.2, 0) is 25.9 Å². The lowest BCUT2D eigenvalue weighted by Gasteiger charge is -2.38. The maximum absolute atomic E-state index is 14.1. The van der Waals surface area contributed by atoms with Gasteiger partial charge in [-0.15, -0.1) is 0 Å². The smallest absolute Gasteiger partial charge is 0.420 e. The van der Waals surface area contributed by atoms with Gasteiger partial charge in [-0.1, -0.05) is 20.8 Å². The number of anilines is 2. The first-order valence-corrected chi connectivity index (χ1v) is 21.5. The summed E-state index contributed by atoms with van der Waals surface area (Å²) in [6.45, 7) is 29.1. The van der Waals surface area contributed by atoms with Gasteiger partial charge in [-0.2, -0.15) is 5.10 Å². The van der Waals surface area contributed by atoms with Gasteiger partial charge in [-0.05, 0) is 143 Å². The quantitative estimate of drug-likeness (QED) is 0.258. The van der Waals surface area contributed by atoms with Crippen LogP contribution < -0.4 is 10.2 Å². The first-order chi connectivity index (χ1) is 22.8. The van der Waals surface area contributed by atoms with Gasteiger partial charge in [0.25, 0.3) is 0 Å². The predicted octanol–water partition coefficient (Wildman–Crippen LogP) is 10.0. The van der Waals surface area contributed by atoms with Crippen LogP contribution in [-0.4, -0.2) is 58.6 Å². The van der Waals surface area contributed by atoms with Crippen LogP contribution in [0.5, 0.6) is 0 Å². The average Bonchev–Trinajstić information content (AvgIpc) is 3.55. The SMILES string of the molecule is CC(C)(C)OC(=O)NC1CC(CCc2cc(N(C(=O)OC(C)(C)C)c3cc([C@H]4CC[C@@H](O[Si](C)(C)C(C)(C)C)C4)nn3C(C)(C)C)ccn2)C1. The van der Waals surface area contributed by atoms with E-state index in [9.17, 15) is 9.59 Å². The van der Waals surface area contributed by atoms with Crippen molar-refractivity contribution in [1.29, 1.82) is 0 Å². The molecule has 2 atom stereocenters. The Labute approximate surface area is 302 Å². The molecule has 2 amide bonds. The molecule has 0 spiro atoms. The Morgan fingerprint density at radius 3 is 2.14 bits per heavy atom. The molecule has 4 rings (SSSR count). The molecule has 10 nitrogen and oxygen atoms in total. The summed E-state index contributed by atoms with van der Waals surface area (Å²) in [6, 6.07) is 6.09. The number of alkyl carbamates (subject to hydrolysis) is 1. The minimum Gasteiger partial charge on any atom is -0.444 e. The van der Waals surface area contributed by atoms with Gasteiger partial charge in [-0.25, -0.2) is 19.2 Å². The maximum atomic E-state index is 14.1. The number of nitrogens with zero attached hydrogens (tertiary/aromatic N) is 4. The van der Waals surface area contributed by atoms with Crippen LogP contribution >= 0.6 is 0 Å². The molecule has 0 unspecified atom stereocenters. The van der Waals surface area contributed by atoms with Crippen molar-refractivity contribution in [1.82, 2.24) is 20.1 Å². The lowest BCUT2D eigenvalue weighted by Crippen LogP contribution is -2.46. The van der Waals surface area contributed by atoms with E-state index in [0.717, 1.165) is 56.3 Å².